The largest absolute Gasteiger partial charge is 0.355 e. The summed E-state index contributed by atoms with van der Waals surface area (Å²) >= 11 is 1.40. The lowest BCUT2D eigenvalue weighted by atomic mass is 10.3. The van der Waals surface area contributed by atoms with Crippen molar-refractivity contribution in [3.8, 4) is 0 Å². The van der Waals surface area contributed by atoms with Crippen LogP contribution in [0.4, 0.5) is 4.39 Å². The van der Waals surface area contributed by atoms with Crippen molar-refractivity contribution in [2.45, 2.75) is 17.9 Å². The Hall–Kier alpha value is -2.34. The third-order valence-electron chi connectivity index (χ3n) is 3.61. The molecule has 124 valence electrons. The second-order valence-electron chi connectivity index (χ2n) is 5.37. The van der Waals surface area contributed by atoms with Crippen molar-refractivity contribution in [3.05, 3.63) is 60.7 Å². The fourth-order valence-corrected chi connectivity index (χ4v) is 3.12. The van der Waals surface area contributed by atoms with E-state index in [2.05, 4.69) is 14.9 Å². The molecule has 24 heavy (non-hydrogen) atoms. The lowest BCUT2D eigenvalue weighted by molar-refractivity contribution is -0.118. The minimum absolute atomic E-state index is 0.0141. The first-order chi connectivity index (χ1) is 11.7. The number of rotatable bonds is 7. The van der Waals surface area contributed by atoms with Gasteiger partial charge in [-0.1, -0.05) is 12.1 Å². The molecule has 0 spiro atoms. The molecule has 0 unspecified atom stereocenters. The van der Waals surface area contributed by atoms with Crippen LogP contribution in [0.2, 0.25) is 0 Å². The second kappa shape index (κ2) is 7.97. The number of amides is 1. The molecule has 0 atom stereocenters. The van der Waals surface area contributed by atoms with E-state index in [0.29, 0.717) is 12.3 Å². The van der Waals surface area contributed by atoms with E-state index in [0.717, 1.165) is 28.9 Å². The molecule has 1 heterocycles. The first kappa shape index (κ1) is 16.5. The number of nitrogens with zero attached hydrogens (tertiary/aromatic N) is 2. The molecule has 4 nitrogen and oxygen atoms in total. The molecule has 2 aromatic carbocycles. The minimum atomic E-state index is -0.268. The zero-order valence-corrected chi connectivity index (χ0v) is 13.9. The summed E-state index contributed by atoms with van der Waals surface area (Å²) in [5.74, 6) is 0.0512. The molecular formula is C18H18FN3OS. The number of thioether (sulfide) groups is 1. The average molecular weight is 343 g/mol. The predicted octanol–water partition coefficient (Wildman–Crippen LogP) is 3.47. The third kappa shape index (κ3) is 4.35. The molecule has 0 aliphatic carbocycles. The van der Waals surface area contributed by atoms with E-state index in [1.165, 1.54) is 23.9 Å². The van der Waals surface area contributed by atoms with Crippen molar-refractivity contribution >= 4 is 28.7 Å². The Morgan fingerprint density at radius 1 is 1.17 bits per heavy atom. The number of carbonyl (C=O) groups is 1. The van der Waals surface area contributed by atoms with E-state index in [1.54, 1.807) is 12.1 Å². The van der Waals surface area contributed by atoms with Gasteiger partial charge in [-0.2, -0.15) is 0 Å². The summed E-state index contributed by atoms with van der Waals surface area (Å²) in [4.78, 5) is 17.1. The first-order valence-corrected chi connectivity index (χ1v) is 8.76. The van der Waals surface area contributed by atoms with E-state index in [9.17, 15) is 9.18 Å². The topological polar surface area (TPSA) is 46.9 Å². The molecule has 3 rings (SSSR count). The van der Waals surface area contributed by atoms with Crippen molar-refractivity contribution in [2.24, 2.45) is 0 Å². The van der Waals surface area contributed by atoms with Gasteiger partial charge in [-0.25, -0.2) is 9.37 Å². The van der Waals surface area contributed by atoms with E-state index in [1.807, 2.05) is 30.6 Å². The van der Waals surface area contributed by atoms with Crippen molar-refractivity contribution < 1.29 is 9.18 Å². The Morgan fingerprint density at radius 2 is 1.96 bits per heavy atom. The monoisotopic (exact) mass is 343 g/mol. The summed E-state index contributed by atoms with van der Waals surface area (Å²) in [6.07, 6.45) is 2.67. The van der Waals surface area contributed by atoms with Crippen molar-refractivity contribution in [1.29, 1.82) is 0 Å². The highest BCUT2D eigenvalue weighted by Crippen LogP contribution is 2.17. The number of hydrogen-bond acceptors (Lipinski definition) is 3. The summed E-state index contributed by atoms with van der Waals surface area (Å²) in [6.45, 7) is 1.43. The number of para-hydroxylation sites is 2. The fraction of sp³-hybridized carbons (Fsp3) is 0.222. The van der Waals surface area contributed by atoms with E-state index in [4.69, 9.17) is 0 Å². The average Bonchev–Trinajstić information content (AvgIpc) is 3.01. The van der Waals surface area contributed by atoms with Crippen LogP contribution in [-0.4, -0.2) is 27.8 Å². The summed E-state index contributed by atoms with van der Waals surface area (Å²) in [5.41, 5.74) is 2.09. The molecule has 0 aliphatic heterocycles. The summed E-state index contributed by atoms with van der Waals surface area (Å²) in [6, 6.07) is 14.1. The van der Waals surface area contributed by atoms with Gasteiger partial charge in [0.25, 0.3) is 0 Å². The molecule has 0 saturated carbocycles. The highest BCUT2D eigenvalue weighted by atomic mass is 32.2. The van der Waals surface area contributed by atoms with Crippen LogP contribution in [0.15, 0.2) is 59.8 Å². The third-order valence-corrected chi connectivity index (χ3v) is 4.62. The van der Waals surface area contributed by atoms with Gasteiger partial charge in [0.05, 0.1) is 23.1 Å². The van der Waals surface area contributed by atoms with Crippen LogP contribution in [0, 0.1) is 5.82 Å². The van der Waals surface area contributed by atoms with Crippen LogP contribution >= 0.6 is 11.8 Å². The summed E-state index contributed by atoms with van der Waals surface area (Å²) in [5, 5.41) is 2.91. The van der Waals surface area contributed by atoms with Gasteiger partial charge in [0.15, 0.2) is 0 Å². The molecular weight excluding hydrogens is 325 g/mol. The van der Waals surface area contributed by atoms with Crippen LogP contribution in [0.3, 0.4) is 0 Å². The Morgan fingerprint density at radius 3 is 2.79 bits per heavy atom. The zero-order chi connectivity index (χ0) is 16.8. The highest BCUT2D eigenvalue weighted by molar-refractivity contribution is 8.00. The normalized spacial score (nSPS) is 10.9. The number of fused-ring (bicyclic) bond motifs is 1. The molecule has 6 heteroatoms. The number of carbonyl (C=O) groups excluding carboxylic acids is 1. The minimum Gasteiger partial charge on any atom is -0.355 e. The Kier molecular flexibility index (Phi) is 5.48. The van der Waals surface area contributed by atoms with Gasteiger partial charge in [-0.3, -0.25) is 4.79 Å². The van der Waals surface area contributed by atoms with E-state index < -0.39 is 0 Å². The predicted molar refractivity (Wildman–Crippen MR) is 94.5 cm³/mol. The molecule has 3 aromatic rings. The number of aryl methyl sites for hydroxylation is 1. The van der Waals surface area contributed by atoms with Gasteiger partial charge in [0, 0.05) is 18.0 Å². The quantitative estimate of drug-likeness (QED) is 0.528. The van der Waals surface area contributed by atoms with Crippen molar-refractivity contribution in [1.82, 2.24) is 14.9 Å². The molecule has 0 radical (unpaired) electrons. The van der Waals surface area contributed by atoms with Crippen LogP contribution in [-0.2, 0) is 11.3 Å². The van der Waals surface area contributed by atoms with Crippen LogP contribution in [0.5, 0.6) is 0 Å². The molecule has 0 aliphatic rings. The van der Waals surface area contributed by atoms with Gasteiger partial charge in [0.1, 0.15) is 5.82 Å². The lowest BCUT2D eigenvalue weighted by Gasteiger charge is -2.07. The molecule has 0 bridgehead atoms. The van der Waals surface area contributed by atoms with Crippen molar-refractivity contribution in [2.75, 3.05) is 12.3 Å². The Labute approximate surface area is 144 Å². The van der Waals surface area contributed by atoms with Crippen LogP contribution in [0.25, 0.3) is 11.0 Å². The highest BCUT2D eigenvalue weighted by Gasteiger charge is 2.04. The van der Waals surface area contributed by atoms with Gasteiger partial charge < -0.3 is 9.88 Å². The molecule has 0 fully saturated rings. The number of imidazole rings is 1. The van der Waals surface area contributed by atoms with Crippen LogP contribution in [0.1, 0.15) is 6.42 Å². The summed E-state index contributed by atoms with van der Waals surface area (Å²) < 4.78 is 14.9. The maximum absolute atomic E-state index is 12.8. The van der Waals surface area contributed by atoms with Gasteiger partial charge in [0.2, 0.25) is 5.91 Å². The summed E-state index contributed by atoms with van der Waals surface area (Å²) in [7, 11) is 0. The van der Waals surface area contributed by atoms with Gasteiger partial charge in [-0.15, -0.1) is 11.8 Å². The SMILES string of the molecule is O=C(CSc1ccc(F)cc1)NCCCn1cnc2ccccc21. The van der Waals surface area contributed by atoms with Crippen LogP contribution < -0.4 is 5.32 Å². The smallest absolute Gasteiger partial charge is 0.230 e. The molecule has 1 N–H and O–H groups in total. The second-order valence-corrected chi connectivity index (χ2v) is 6.42. The lowest BCUT2D eigenvalue weighted by Crippen LogP contribution is -2.26. The number of aromatic nitrogens is 2. The number of hydrogen-bond donors (Lipinski definition) is 1. The maximum atomic E-state index is 12.8. The van der Waals surface area contributed by atoms with Gasteiger partial charge >= 0.3 is 0 Å². The Bertz CT molecular complexity index is 817. The molecule has 1 amide bonds. The maximum Gasteiger partial charge on any atom is 0.230 e. The first-order valence-electron chi connectivity index (χ1n) is 7.77. The fourth-order valence-electron chi connectivity index (χ4n) is 2.40. The number of halogens is 1. The van der Waals surface area contributed by atoms with Gasteiger partial charge in [-0.05, 0) is 42.8 Å². The van der Waals surface area contributed by atoms with E-state index in [-0.39, 0.29) is 11.7 Å². The number of benzene rings is 2. The number of nitrogens with one attached hydrogen (secondary N) is 1. The standard InChI is InChI=1S/C18H18FN3OS/c19-14-6-8-15(9-7-14)24-12-18(23)20-10-3-11-22-13-21-16-4-1-2-5-17(16)22/h1-2,4-9,13H,3,10-12H2,(H,20,23). The molecule has 0 saturated heterocycles. The van der Waals surface area contributed by atoms with E-state index >= 15 is 0 Å². The Balaban J connectivity index is 1.38. The zero-order valence-electron chi connectivity index (χ0n) is 13.1. The molecule has 1 aromatic heterocycles. The van der Waals surface area contributed by atoms with Crippen molar-refractivity contribution in [3.63, 3.8) is 0 Å².